The highest BCUT2D eigenvalue weighted by atomic mass is 35.5. The van der Waals surface area contributed by atoms with E-state index in [9.17, 15) is 4.79 Å². The maximum absolute atomic E-state index is 11.6. The number of aliphatic hydroxyl groups is 1. The van der Waals surface area contributed by atoms with Gasteiger partial charge in [-0.15, -0.1) is 0 Å². The van der Waals surface area contributed by atoms with Gasteiger partial charge in [-0.2, -0.15) is 0 Å². The lowest BCUT2D eigenvalue weighted by Gasteiger charge is -2.14. The van der Waals surface area contributed by atoms with E-state index >= 15 is 0 Å². The van der Waals surface area contributed by atoms with Crippen LogP contribution < -0.4 is 9.47 Å². The number of carbonyl (C=O) groups excluding carboxylic acids is 1. The van der Waals surface area contributed by atoms with Crippen molar-refractivity contribution in [3.05, 3.63) is 59.1 Å². The van der Waals surface area contributed by atoms with Crippen molar-refractivity contribution in [3.8, 4) is 11.5 Å². The van der Waals surface area contributed by atoms with Gasteiger partial charge >= 0.3 is 5.97 Å². The second kappa shape index (κ2) is 9.15. The molecule has 5 nitrogen and oxygen atoms in total. The molecule has 0 fully saturated rings. The van der Waals surface area contributed by atoms with Crippen molar-refractivity contribution in [2.75, 3.05) is 13.2 Å². The van der Waals surface area contributed by atoms with E-state index in [2.05, 4.69) is 0 Å². The van der Waals surface area contributed by atoms with E-state index in [1.165, 1.54) is 0 Å². The van der Waals surface area contributed by atoms with Crippen molar-refractivity contribution in [1.82, 2.24) is 0 Å². The van der Waals surface area contributed by atoms with Gasteiger partial charge in [-0.1, -0.05) is 23.7 Å². The first kappa shape index (κ1) is 18.1. The third-order valence-corrected chi connectivity index (χ3v) is 3.37. The number of hydrogen-bond acceptors (Lipinski definition) is 5. The Labute approximate surface area is 145 Å². The van der Waals surface area contributed by atoms with E-state index in [0.29, 0.717) is 17.4 Å². The molecule has 2 aromatic rings. The van der Waals surface area contributed by atoms with E-state index < -0.39 is 12.1 Å². The summed E-state index contributed by atoms with van der Waals surface area (Å²) in [5.41, 5.74) is 0.966. The maximum Gasteiger partial charge on any atom is 0.347 e. The molecule has 0 heterocycles. The lowest BCUT2D eigenvalue weighted by atomic mass is 10.2. The normalized spacial score (nSPS) is 11.6. The third kappa shape index (κ3) is 5.76. The van der Waals surface area contributed by atoms with Crippen LogP contribution >= 0.6 is 11.6 Å². The molecular formula is C18H19ClO5. The van der Waals surface area contributed by atoms with E-state index in [-0.39, 0.29) is 13.2 Å². The van der Waals surface area contributed by atoms with Crippen LogP contribution in [0.4, 0.5) is 0 Å². The van der Waals surface area contributed by atoms with Gasteiger partial charge in [-0.25, -0.2) is 4.79 Å². The molecule has 2 aromatic carbocycles. The summed E-state index contributed by atoms with van der Waals surface area (Å²) in [6.45, 7) is 1.77. The second-order valence-corrected chi connectivity index (χ2v) is 5.47. The Balaban J connectivity index is 1.83. The Bertz CT molecular complexity index is 639. The predicted octanol–water partition coefficient (Wildman–Crippen LogP) is 3.22. The van der Waals surface area contributed by atoms with Crippen molar-refractivity contribution in [2.45, 2.75) is 19.6 Å². The van der Waals surface area contributed by atoms with Crippen LogP contribution in [0.15, 0.2) is 48.5 Å². The smallest absolute Gasteiger partial charge is 0.347 e. The lowest BCUT2D eigenvalue weighted by Crippen LogP contribution is -2.27. The molecule has 0 saturated carbocycles. The first-order chi connectivity index (χ1) is 11.6. The predicted molar refractivity (Wildman–Crippen MR) is 90.4 cm³/mol. The van der Waals surface area contributed by atoms with Crippen LogP contribution in [0.25, 0.3) is 0 Å². The van der Waals surface area contributed by atoms with Gasteiger partial charge in [0.1, 0.15) is 24.7 Å². The first-order valence-corrected chi connectivity index (χ1v) is 7.88. The molecule has 0 aliphatic rings. The zero-order valence-electron chi connectivity index (χ0n) is 13.3. The van der Waals surface area contributed by atoms with Gasteiger partial charge in [-0.3, -0.25) is 0 Å². The molecule has 0 amide bonds. The largest absolute Gasteiger partial charge is 0.489 e. The van der Waals surface area contributed by atoms with Crippen LogP contribution in [0.2, 0.25) is 5.02 Å². The summed E-state index contributed by atoms with van der Waals surface area (Å²) in [6.07, 6.45) is -0.743. The molecule has 0 radical (unpaired) electrons. The highest BCUT2D eigenvalue weighted by Crippen LogP contribution is 2.18. The van der Waals surface area contributed by atoms with Crippen molar-refractivity contribution in [2.24, 2.45) is 0 Å². The molecule has 0 aliphatic carbocycles. The average Bonchev–Trinajstić information content (AvgIpc) is 2.60. The van der Waals surface area contributed by atoms with Gasteiger partial charge < -0.3 is 19.3 Å². The molecular weight excluding hydrogens is 332 g/mol. The van der Waals surface area contributed by atoms with Gasteiger partial charge in [0, 0.05) is 5.02 Å². The van der Waals surface area contributed by atoms with Crippen LogP contribution in [0, 0.1) is 0 Å². The SMILES string of the molecule is CC(Oc1ccc(COc2ccc(Cl)cc2)cc1)C(=O)OCCO. The summed E-state index contributed by atoms with van der Waals surface area (Å²) in [7, 11) is 0. The summed E-state index contributed by atoms with van der Waals surface area (Å²) >= 11 is 5.82. The third-order valence-electron chi connectivity index (χ3n) is 3.12. The van der Waals surface area contributed by atoms with Crippen LogP contribution in [0.1, 0.15) is 12.5 Å². The molecule has 6 heteroatoms. The fraction of sp³-hybridized carbons (Fsp3) is 0.278. The molecule has 128 valence electrons. The Morgan fingerprint density at radius 1 is 1.08 bits per heavy atom. The minimum absolute atomic E-state index is 0.0342. The Morgan fingerprint density at radius 3 is 2.33 bits per heavy atom. The number of benzene rings is 2. The van der Waals surface area contributed by atoms with Crippen LogP contribution in [0.5, 0.6) is 11.5 Å². The molecule has 1 atom stereocenters. The molecule has 0 spiro atoms. The lowest BCUT2D eigenvalue weighted by molar-refractivity contribution is -0.152. The van der Waals surface area contributed by atoms with E-state index in [1.54, 1.807) is 43.3 Å². The van der Waals surface area contributed by atoms with Crippen LogP contribution in [-0.2, 0) is 16.1 Å². The molecule has 24 heavy (non-hydrogen) atoms. The highest BCUT2D eigenvalue weighted by Gasteiger charge is 2.15. The van der Waals surface area contributed by atoms with Gasteiger partial charge in [-0.05, 0) is 48.9 Å². The maximum atomic E-state index is 11.6. The van der Waals surface area contributed by atoms with Crippen molar-refractivity contribution < 1.29 is 24.1 Å². The number of carbonyl (C=O) groups is 1. The quantitative estimate of drug-likeness (QED) is 0.740. The Morgan fingerprint density at radius 2 is 1.71 bits per heavy atom. The van der Waals surface area contributed by atoms with Crippen molar-refractivity contribution in [3.63, 3.8) is 0 Å². The monoisotopic (exact) mass is 350 g/mol. The van der Waals surface area contributed by atoms with Crippen LogP contribution in [-0.4, -0.2) is 30.4 Å². The summed E-state index contributed by atoms with van der Waals surface area (Å²) < 4.78 is 15.9. The van der Waals surface area contributed by atoms with Crippen LogP contribution in [0.3, 0.4) is 0 Å². The molecule has 2 rings (SSSR count). The number of halogens is 1. The number of aliphatic hydroxyl groups excluding tert-OH is 1. The van der Waals surface area contributed by atoms with Crippen molar-refractivity contribution >= 4 is 17.6 Å². The zero-order valence-corrected chi connectivity index (χ0v) is 14.0. The van der Waals surface area contributed by atoms with Gasteiger partial charge in [0.05, 0.1) is 6.61 Å². The summed E-state index contributed by atoms with van der Waals surface area (Å²) in [5, 5.41) is 9.29. The average molecular weight is 351 g/mol. The minimum Gasteiger partial charge on any atom is -0.489 e. The molecule has 1 N–H and O–H groups in total. The van der Waals surface area contributed by atoms with E-state index in [0.717, 1.165) is 11.3 Å². The zero-order chi connectivity index (χ0) is 17.4. The van der Waals surface area contributed by atoms with Gasteiger partial charge in [0.25, 0.3) is 0 Å². The number of esters is 1. The summed E-state index contributed by atoms with van der Waals surface area (Å²) in [6, 6.07) is 14.4. The van der Waals surface area contributed by atoms with Gasteiger partial charge in [0.2, 0.25) is 0 Å². The summed E-state index contributed by atoms with van der Waals surface area (Å²) in [4.78, 5) is 11.6. The topological polar surface area (TPSA) is 65.0 Å². The van der Waals surface area contributed by atoms with Gasteiger partial charge in [0.15, 0.2) is 6.10 Å². The Kier molecular flexibility index (Phi) is 6.90. The summed E-state index contributed by atoms with van der Waals surface area (Å²) in [5.74, 6) is 0.776. The number of rotatable bonds is 8. The van der Waals surface area contributed by atoms with E-state index in [4.69, 9.17) is 30.9 Å². The Hall–Kier alpha value is -2.24. The fourth-order valence-electron chi connectivity index (χ4n) is 1.88. The first-order valence-electron chi connectivity index (χ1n) is 7.50. The molecule has 1 unspecified atom stereocenters. The highest BCUT2D eigenvalue weighted by molar-refractivity contribution is 6.30. The molecule has 0 aliphatic heterocycles. The molecule has 0 bridgehead atoms. The standard InChI is InChI=1S/C18H19ClO5/c1-13(18(21)22-11-10-20)24-17-6-2-14(3-7-17)12-23-16-8-4-15(19)5-9-16/h2-9,13,20H,10-12H2,1H3. The molecule has 0 aromatic heterocycles. The molecule has 0 saturated heterocycles. The number of ether oxygens (including phenoxy) is 3. The number of hydrogen-bond donors (Lipinski definition) is 1. The second-order valence-electron chi connectivity index (χ2n) is 5.04. The van der Waals surface area contributed by atoms with E-state index in [1.807, 2.05) is 12.1 Å². The minimum atomic E-state index is -0.743. The fourth-order valence-corrected chi connectivity index (χ4v) is 2.00. The van der Waals surface area contributed by atoms with Crippen molar-refractivity contribution in [1.29, 1.82) is 0 Å².